The molecule has 0 saturated carbocycles. The molecule has 0 unspecified atom stereocenters. The molecule has 0 N–H and O–H groups in total. The Morgan fingerprint density at radius 3 is 2.92 bits per heavy atom. The highest BCUT2D eigenvalue weighted by Gasteiger charge is 2.21. The fourth-order valence-corrected chi connectivity index (χ4v) is 2.96. The Balaban J connectivity index is 1.94. The highest BCUT2D eigenvalue weighted by molar-refractivity contribution is 5.94. The third-order valence-corrected chi connectivity index (χ3v) is 4.04. The van der Waals surface area contributed by atoms with Gasteiger partial charge in [-0.1, -0.05) is 17.3 Å². The van der Waals surface area contributed by atoms with Crippen LogP contribution in [0.5, 0.6) is 0 Å². The topological polar surface area (TPSA) is 104 Å². The minimum atomic E-state index is -0.658. The van der Waals surface area contributed by atoms with Crippen LogP contribution in [0.25, 0.3) is 33.7 Å². The molecule has 0 aliphatic heterocycles. The fourth-order valence-electron chi connectivity index (χ4n) is 2.96. The molecule has 1 aromatic carbocycles. The lowest BCUT2D eigenvalue weighted by Crippen LogP contribution is -2.15. The number of rotatable bonds is 1. The van der Waals surface area contributed by atoms with Crippen molar-refractivity contribution >= 4 is 28.3 Å². The molecule has 0 saturated heterocycles. The van der Waals surface area contributed by atoms with Gasteiger partial charge in [0.2, 0.25) is 0 Å². The van der Waals surface area contributed by atoms with Crippen LogP contribution in [0.1, 0.15) is 0 Å². The monoisotopic (exact) mass is 334 g/mol. The van der Waals surface area contributed by atoms with Crippen molar-refractivity contribution in [3.63, 3.8) is 0 Å². The first-order valence-electron chi connectivity index (χ1n) is 7.37. The number of carbonyl (C=O) groups excluding carboxylic acids is 1. The predicted molar refractivity (Wildman–Crippen MR) is 86.1 cm³/mol. The number of ether oxygens (including phenoxy) is 1. The van der Waals surface area contributed by atoms with E-state index in [-0.39, 0.29) is 0 Å². The average Bonchev–Trinajstić information content (AvgIpc) is 3.38. The molecular weight excluding hydrogens is 324 g/mol. The molecule has 25 heavy (non-hydrogen) atoms. The van der Waals surface area contributed by atoms with E-state index in [1.165, 1.54) is 13.3 Å². The van der Waals surface area contributed by atoms with Gasteiger partial charge >= 0.3 is 6.09 Å². The van der Waals surface area contributed by atoms with Crippen LogP contribution in [0.2, 0.25) is 0 Å². The Morgan fingerprint density at radius 1 is 1.16 bits per heavy atom. The van der Waals surface area contributed by atoms with E-state index < -0.39 is 6.09 Å². The third kappa shape index (κ3) is 1.73. The van der Waals surface area contributed by atoms with Crippen LogP contribution in [-0.4, -0.2) is 52.2 Å². The fraction of sp³-hybridized carbons (Fsp3) is 0.0667. The lowest BCUT2D eigenvalue weighted by Gasteiger charge is -2.07. The van der Waals surface area contributed by atoms with E-state index in [2.05, 4.69) is 25.5 Å². The second-order valence-electron chi connectivity index (χ2n) is 5.32. The van der Waals surface area contributed by atoms with Crippen LogP contribution in [0, 0.1) is 0 Å². The number of hydrogen-bond donors (Lipinski definition) is 0. The number of nitrogens with zero attached hydrogens (tertiary/aromatic N) is 8. The van der Waals surface area contributed by atoms with Crippen molar-refractivity contribution in [1.82, 2.24) is 39.0 Å². The minimum absolute atomic E-state index is 0.373. The Kier molecular flexibility index (Phi) is 2.63. The van der Waals surface area contributed by atoms with Gasteiger partial charge in [-0.3, -0.25) is 8.80 Å². The second-order valence-corrected chi connectivity index (χ2v) is 5.32. The zero-order chi connectivity index (χ0) is 17.0. The van der Waals surface area contributed by atoms with Crippen molar-refractivity contribution in [3.8, 4) is 11.5 Å². The molecule has 122 valence electrons. The van der Waals surface area contributed by atoms with E-state index in [0.29, 0.717) is 17.2 Å². The molecule has 4 heterocycles. The summed E-state index contributed by atoms with van der Waals surface area (Å²) in [6.45, 7) is 0. The van der Waals surface area contributed by atoms with Crippen LogP contribution in [0.3, 0.4) is 0 Å². The van der Waals surface area contributed by atoms with Crippen molar-refractivity contribution < 1.29 is 9.53 Å². The summed E-state index contributed by atoms with van der Waals surface area (Å²) >= 11 is 0. The number of para-hydroxylation sites is 1. The highest BCUT2D eigenvalue weighted by Crippen LogP contribution is 2.26. The number of carbonyl (C=O) groups is 1. The van der Waals surface area contributed by atoms with Gasteiger partial charge in [0.1, 0.15) is 17.7 Å². The Labute approximate surface area is 139 Å². The van der Waals surface area contributed by atoms with E-state index in [1.807, 2.05) is 33.1 Å². The number of fused-ring (bicyclic) bond motifs is 6. The molecule has 5 aromatic rings. The minimum Gasteiger partial charge on any atom is -0.451 e. The quantitative estimate of drug-likeness (QED) is 0.456. The molecule has 4 aromatic heterocycles. The van der Waals surface area contributed by atoms with E-state index >= 15 is 0 Å². The zero-order valence-electron chi connectivity index (χ0n) is 12.9. The standard InChI is InChI=1S/C15H10N8O2/c1-25-15(24)23-11(6-17-20-23)14-19-18-13-9-4-2-3-5-10(9)21-8-16-7-12(21)22(13)14/h2-8H,1H3. The highest BCUT2D eigenvalue weighted by atomic mass is 16.5. The van der Waals surface area contributed by atoms with E-state index in [4.69, 9.17) is 4.74 Å². The summed E-state index contributed by atoms with van der Waals surface area (Å²) in [5.74, 6) is 0.418. The van der Waals surface area contributed by atoms with Crippen LogP contribution >= 0.6 is 0 Å². The van der Waals surface area contributed by atoms with E-state index in [0.717, 1.165) is 21.2 Å². The molecule has 0 bridgehead atoms. The number of aromatic nitrogens is 8. The van der Waals surface area contributed by atoms with Crippen molar-refractivity contribution in [2.45, 2.75) is 0 Å². The third-order valence-electron chi connectivity index (χ3n) is 4.04. The molecule has 0 spiro atoms. The summed E-state index contributed by atoms with van der Waals surface area (Å²) in [5, 5.41) is 17.0. The van der Waals surface area contributed by atoms with Crippen LogP contribution in [0.4, 0.5) is 4.79 Å². The Hall–Kier alpha value is -3.82. The van der Waals surface area contributed by atoms with E-state index in [9.17, 15) is 4.79 Å². The summed E-state index contributed by atoms with van der Waals surface area (Å²) < 4.78 is 9.52. The second kappa shape index (κ2) is 4.84. The molecule has 0 aliphatic carbocycles. The van der Waals surface area contributed by atoms with Gasteiger partial charge < -0.3 is 4.74 Å². The first-order chi connectivity index (χ1) is 12.3. The average molecular weight is 334 g/mol. The van der Waals surface area contributed by atoms with Crippen LogP contribution < -0.4 is 0 Å². The largest absolute Gasteiger partial charge is 0.451 e. The molecule has 0 fully saturated rings. The van der Waals surface area contributed by atoms with E-state index in [1.54, 1.807) is 12.5 Å². The summed E-state index contributed by atoms with van der Waals surface area (Å²) in [6, 6.07) is 7.82. The normalized spacial score (nSPS) is 11.6. The van der Waals surface area contributed by atoms with Crippen molar-refractivity contribution in [1.29, 1.82) is 0 Å². The molecule has 0 amide bonds. The Morgan fingerprint density at radius 2 is 2.04 bits per heavy atom. The van der Waals surface area contributed by atoms with Gasteiger partial charge in [-0.05, 0) is 12.1 Å². The maximum Gasteiger partial charge on any atom is 0.436 e. The molecule has 0 aliphatic rings. The summed E-state index contributed by atoms with van der Waals surface area (Å²) in [6.07, 6.45) is 4.21. The maximum atomic E-state index is 11.9. The predicted octanol–water partition coefficient (Wildman–Crippen LogP) is 1.40. The molecule has 10 heteroatoms. The van der Waals surface area contributed by atoms with Gasteiger partial charge in [0.25, 0.3) is 0 Å². The van der Waals surface area contributed by atoms with Gasteiger partial charge in [0.05, 0.1) is 25.0 Å². The van der Waals surface area contributed by atoms with Crippen LogP contribution in [0.15, 0.2) is 43.0 Å². The summed E-state index contributed by atoms with van der Waals surface area (Å²) in [5.41, 5.74) is 2.74. The van der Waals surface area contributed by atoms with Crippen molar-refractivity contribution in [2.75, 3.05) is 7.11 Å². The first-order valence-corrected chi connectivity index (χ1v) is 7.37. The SMILES string of the molecule is COC(=O)n1nncc1-c1nnc2c3ccccc3n3cncc3n12. The molecule has 0 atom stereocenters. The number of benzene rings is 1. The van der Waals surface area contributed by atoms with Gasteiger partial charge in [0, 0.05) is 5.39 Å². The number of imidazole rings is 1. The van der Waals surface area contributed by atoms with Gasteiger partial charge in [0.15, 0.2) is 11.5 Å². The summed E-state index contributed by atoms with van der Waals surface area (Å²) in [4.78, 5) is 16.2. The molecule has 10 nitrogen and oxygen atoms in total. The van der Waals surface area contributed by atoms with Gasteiger partial charge in [-0.15, -0.1) is 20.0 Å². The zero-order valence-corrected chi connectivity index (χ0v) is 12.9. The van der Waals surface area contributed by atoms with Gasteiger partial charge in [-0.25, -0.2) is 9.78 Å². The number of methoxy groups -OCH3 is 1. The lowest BCUT2D eigenvalue weighted by molar-refractivity contribution is 0.169. The molecule has 0 radical (unpaired) electrons. The van der Waals surface area contributed by atoms with Gasteiger partial charge in [-0.2, -0.15) is 0 Å². The van der Waals surface area contributed by atoms with Crippen LogP contribution in [-0.2, 0) is 4.74 Å². The van der Waals surface area contributed by atoms with Crippen molar-refractivity contribution in [2.24, 2.45) is 0 Å². The smallest absolute Gasteiger partial charge is 0.436 e. The Bertz CT molecular complexity index is 1260. The summed E-state index contributed by atoms with van der Waals surface area (Å²) in [7, 11) is 1.28. The van der Waals surface area contributed by atoms with Crippen molar-refractivity contribution in [3.05, 3.63) is 43.0 Å². The first kappa shape index (κ1) is 13.6. The lowest BCUT2D eigenvalue weighted by atomic mass is 10.2. The molecular formula is C15H10N8O2. The maximum absolute atomic E-state index is 11.9. The molecule has 5 rings (SSSR count). The number of hydrogen-bond acceptors (Lipinski definition) is 7.